The van der Waals surface area contributed by atoms with Crippen LogP contribution in [0.2, 0.25) is 5.15 Å². The summed E-state index contributed by atoms with van der Waals surface area (Å²) < 4.78 is 1.88. The summed E-state index contributed by atoms with van der Waals surface area (Å²) in [5, 5.41) is 14.7. The van der Waals surface area contributed by atoms with Gasteiger partial charge in [0.1, 0.15) is 5.15 Å². The first-order valence-corrected chi connectivity index (χ1v) is 8.64. The molecule has 4 nitrogen and oxygen atoms in total. The van der Waals surface area contributed by atoms with E-state index >= 15 is 0 Å². The number of hydrogen-bond acceptors (Lipinski definition) is 3. The van der Waals surface area contributed by atoms with Crippen molar-refractivity contribution in [3.8, 4) is 0 Å². The van der Waals surface area contributed by atoms with E-state index in [-0.39, 0.29) is 6.61 Å². The van der Waals surface area contributed by atoms with Crippen molar-refractivity contribution in [2.75, 3.05) is 19.7 Å². The van der Waals surface area contributed by atoms with E-state index in [4.69, 9.17) is 11.6 Å². The van der Waals surface area contributed by atoms with E-state index < -0.39 is 0 Å². The number of halogens is 1. The summed E-state index contributed by atoms with van der Waals surface area (Å²) in [5.41, 5.74) is 3.31. The van der Waals surface area contributed by atoms with Gasteiger partial charge in [0.15, 0.2) is 0 Å². The number of aliphatic hydroxyl groups excluding tert-OH is 1. The summed E-state index contributed by atoms with van der Waals surface area (Å²) in [6, 6.07) is 10.2. The molecule has 0 radical (unpaired) electrons. The van der Waals surface area contributed by atoms with Gasteiger partial charge in [0.05, 0.1) is 12.2 Å². The highest BCUT2D eigenvalue weighted by molar-refractivity contribution is 6.30. The van der Waals surface area contributed by atoms with Crippen molar-refractivity contribution in [1.82, 2.24) is 14.7 Å². The molecule has 3 rings (SSSR count). The van der Waals surface area contributed by atoms with Crippen LogP contribution >= 0.6 is 11.6 Å². The van der Waals surface area contributed by atoms with Crippen LogP contribution in [-0.4, -0.2) is 39.5 Å². The third-order valence-corrected chi connectivity index (χ3v) is 5.02. The predicted octanol–water partition coefficient (Wildman–Crippen LogP) is 3.10. The highest BCUT2D eigenvalue weighted by Gasteiger charge is 2.22. The molecule has 0 spiro atoms. The minimum atomic E-state index is 0.274. The Morgan fingerprint density at radius 3 is 2.78 bits per heavy atom. The van der Waals surface area contributed by atoms with Crippen molar-refractivity contribution in [2.45, 2.75) is 32.9 Å². The molecule has 23 heavy (non-hydrogen) atoms. The summed E-state index contributed by atoms with van der Waals surface area (Å²) in [6.45, 7) is 5.81. The predicted molar refractivity (Wildman–Crippen MR) is 92.6 cm³/mol. The van der Waals surface area contributed by atoms with E-state index in [9.17, 15) is 5.11 Å². The number of rotatable bonds is 5. The maximum absolute atomic E-state index is 9.38. The SMILES string of the molecule is Cc1nn(Cc2ccccc2)c(Cl)c1CN1CCCC(CO)C1. The van der Waals surface area contributed by atoms with Gasteiger partial charge in [0.2, 0.25) is 0 Å². The highest BCUT2D eigenvalue weighted by Crippen LogP contribution is 2.25. The van der Waals surface area contributed by atoms with Crippen LogP contribution in [0.25, 0.3) is 0 Å². The van der Waals surface area contributed by atoms with E-state index in [0.717, 1.165) is 48.9 Å². The van der Waals surface area contributed by atoms with Crippen LogP contribution in [0.1, 0.15) is 29.7 Å². The smallest absolute Gasteiger partial charge is 0.132 e. The zero-order chi connectivity index (χ0) is 16.2. The number of likely N-dealkylation sites (tertiary alicyclic amines) is 1. The van der Waals surface area contributed by atoms with E-state index in [1.54, 1.807) is 0 Å². The van der Waals surface area contributed by atoms with Crippen molar-refractivity contribution < 1.29 is 5.11 Å². The Morgan fingerprint density at radius 1 is 1.26 bits per heavy atom. The lowest BCUT2D eigenvalue weighted by molar-refractivity contribution is 0.116. The molecule has 0 saturated carbocycles. The second-order valence-electron chi connectivity index (χ2n) is 6.42. The Kier molecular flexibility index (Phi) is 5.36. The maximum Gasteiger partial charge on any atom is 0.132 e. The molecule has 1 saturated heterocycles. The molecule has 1 aliphatic rings. The number of piperidine rings is 1. The van der Waals surface area contributed by atoms with Gasteiger partial charge in [0.25, 0.3) is 0 Å². The molecule has 1 fully saturated rings. The van der Waals surface area contributed by atoms with Gasteiger partial charge in [0, 0.05) is 25.3 Å². The van der Waals surface area contributed by atoms with Crippen molar-refractivity contribution in [3.05, 3.63) is 52.3 Å². The molecule has 1 aromatic carbocycles. The number of aliphatic hydroxyl groups is 1. The summed E-state index contributed by atoms with van der Waals surface area (Å²) in [7, 11) is 0. The topological polar surface area (TPSA) is 41.3 Å². The van der Waals surface area contributed by atoms with Gasteiger partial charge >= 0.3 is 0 Å². The molecule has 1 aromatic heterocycles. The molecule has 5 heteroatoms. The lowest BCUT2D eigenvalue weighted by Gasteiger charge is -2.31. The van der Waals surface area contributed by atoms with Crippen molar-refractivity contribution in [1.29, 1.82) is 0 Å². The third kappa shape index (κ3) is 3.94. The van der Waals surface area contributed by atoms with E-state index in [2.05, 4.69) is 22.1 Å². The Bertz CT molecular complexity index is 641. The van der Waals surface area contributed by atoms with Crippen molar-refractivity contribution in [2.24, 2.45) is 5.92 Å². The average molecular weight is 334 g/mol. The first kappa shape index (κ1) is 16.5. The monoisotopic (exact) mass is 333 g/mol. The normalized spacial score (nSPS) is 19.2. The fourth-order valence-electron chi connectivity index (χ4n) is 3.30. The van der Waals surface area contributed by atoms with E-state index in [0.29, 0.717) is 12.5 Å². The van der Waals surface area contributed by atoms with E-state index in [1.807, 2.05) is 29.8 Å². The van der Waals surface area contributed by atoms with Gasteiger partial charge in [-0.2, -0.15) is 5.10 Å². The zero-order valence-electron chi connectivity index (χ0n) is 13.6. The third-order valence-electron chi connectivity index (χ3n) is 4.60. The Labute approximate surface area is 142 Å². The summed E-state index contributed by atoms with van der Waals surface area (Å²) in [4.78, 5) is 2.38. The molecular weight excluding hydrogens is 310 g/mol. The number of aromatic nitrogens is 2. The van der Waals surface area contributed by atoms with Crippen LogP contribution in [-0.2, 0) is 13.1 Å². The summed E-state index contributed by atoms with van der Waals surface area (Å²) in [5.74, 6) is 0.391. The van der Waals surface area contributed by atoms with Crippen LogP contribution in [0.3, 0.4) is 0 Å². The largest absolute Gasteiger partial charge is 0.396 e. The fraction of sp³-hybridized carbons (Fsp3) is 0.500. The lowest BCUT2D eigenvalue weighted by Crippen LogP contribution is -2.36. The molecule has 124 valence electrons. The van der Waals surface area contributed by atoms with Gasteiger partial charge in [-0.15, -0.1) is 0 Å². The molecule has 1 aliphatic heterocycles. The minimum absolute atomic E-state index is 0.274. The molecule has 0 bridgehead atoms. The second-order valence-corrected chi connectivity index (χ2v) is 6.78. The zero-order valence-corrected chi connectivity index (χ0v) is 14.3. The second kappa shape index (κ2) is 7.47. The molecule has 1 N–H and O–H groups in total. The Morgan fingerprint density at radius 2 is 2.04 bits per heavy atom. The van der Waals surface area contributed by atoms with Crippen LogP contribution in [0, 0.1) is 12.8 Å². The maximum atomic E-state index is 9.38. The fourth-order valence-corrected chi connectivity index (χ4v) is 3.59. The van der Waals surface area contributed by atoms with Crippen molar-refractivity contribution >= 4 is 11.6 Å². The first-order chi connectivity index (χ1) is 11.2. The van der Waals surface area contributed by atoms with Crippen LogP contribution in [0.15, 0.2) is 30.3 Å². The Balaban J connectivity index is 1.73. The highest BCUT2D eigenvalue weighted by atomic mass is 35.5. The minimum Gasteiger partial charge on any atom is -0.396 e. The van der Waals surface area contributed by atoms with Gasteiger partial charge in [-0.25, -0.2) is 4.68 Å². The number of hydrogen-bond donors (Lipinski definition) is 1. The van der Waals surface area contributed by atoms with Crippen LogP contribution < -0.4 is 0 Å². The first-order valence-electron chi connectivity index (χ1n) is 8.26. The van der Waals surface area contributed by atoms with Crippen LogP contribution in [0.5, 0.6) is 0 Å². The molecule has 0 amide bonds. The molecular formula is C18H24ClN3O. The van der Waals surface area contributed by atoms with Gasteiger partial charge in [-0.05, 0) is 37.8 Å². The summed E-state index contributed by atoms with van der Waals surface area (Å²) in [6.07, 6.45) is 2.26. The number of nitrogens with zero attached hydrogens (tertiary/aromatic N) is 3. The Hall–Kier alpha value is -1.36. The number of aryl methyl sites for hydroxylation is 1. The van der Waals surface area contributed by atoms with Gasteiger partial charge < -0.3 is 5.11 Å². The van der Waals surface area contributed by atoms with Crippen LogP contribution in [0.4, 0.5) is 0 Å². The molecule has 2 heterocycles. The van der Waals surface area contributed by atoms with E-state index in [1.165, 1.54) is 5.56 Å². The van der Waals surface area contributed by atoms with Gasteiger partial charge in [-0.3, -0.25) is 4.90 Å². The number of benzene rings is 1. The standard InChI is InChI=1S/C18H24ClN3O/c1-14-17(12-21-9-5-8-16(10-21)13-23)18(19)22(20-14)11-15-6-3-2-4-7-15/h2-4,6-7,16,23H,5,8-13H2,1H3. The molecule has 1 atom stereocenters. The molecule has 1 unspecified atom stereocenters. The molecule has 0 aliphatic carbocycles. The average Bonchev–Trinajstić information content (AvgIpc) is 2.83. The van der Waals surface area contributed by atoms with Gasteiger partial charge in [-0.1, -0.05) is 41.9 Å². The molecule has 2 aromatic rings. The summed E-state index contributed by atoms with van der Waals surface area (Å²) >= 11 is 6.59. The quantitative estimate of drug-likeness (QED) is 0.914. The van der Waals surface area contributed by atoms with Crippen molar-refractivity contribution in [3.63, 3.8) is 0 Å². The lowest BCUT2D eigenvalue weighted by atomic mass is 9.98.